The molecule has 2 rings (SSSR count). The highest BCUT2D eigenvalue weighted by molar-refractivity contribution is 7.18. The minimum Gasteiger partial charge on any atom is -0.382 e. The standard InChI is InChI=1S/C13H22N4O3S/c1-8(2)16-12-17-10(14)9(21-12)11(18)15-6-13(19-3)4-5-20-7-13/h8H,4-7,14H2,1-3H3,(H,15,18)(H,16,17). The smallest absolute Gasteiger partial charge is 0.265 e. The van der Waals surface area contributed by atoms with E-state index in [9.17, 15) is 4.79 Å². The second-order valence-corrected chi connectivity index (χ2v) is 6.40. The Kier molecular flexibility index (Phi) is 5.02. The fourth-order valence-electron chi connectivity index (χ4n) is 2.09. The van der Waals surface area contributed by atoms with Crippen molar-refractivity contribution < 1.29 is 14.3 Å². The number of nitrogen functional groups attached to an aromatic ring is 1. The molecule has 1 unspecified atom stereocenters. The molecule has 1 aromatic heterocycles. The molecule has 0 aromatic carbocycles. The van der Waals surface area contributed by atoms with E-state index in [1.165, 1.54) is 11.3 Å². The fraction of sp³-hybridized carbons (Fsp3) is 0.692. The van der Waals surface area contributed by atoms with E-state index in [2.05, 4.69) is 15.6 Å². The average Bonchev–Trinajstić information content (AvgIpc) is 3.03. The van der Waals surface area contributed by atoms with Gasteiger partial charge >= 0.3 is 0 Å². The van der Waals surface area contributed by atoms with Crippen molar-refractivity contribution in [2.45, 2.75) is 31.9 Å². The number of carbonyl (C=O) groups is 1. The summed E-state index contributed by atoms with van der Waals surface area (Å²) in [6.45, 7) is 5.53. The molecule has 1 aliphatic heterocycles. The van der Waals surface area contributed by atoms with Crippen LogP contribution in [-0.2, 0) is 9.47 Å². The normalized spacial score (nSPS) is 21.7. The van der Waals surface area contributed by atoms with Gasteiger partial charge in [0, 0.05) is 32.7 Å². The topological polar surface area (TPSA) is 98.5 Å². The first-order valence-electron chi connectivity index (χ1n) is 6.90. The molecular weight excluding hydrogens is 292 g/mol. The van der Waals surface area contributed by atoms with Crippen LogP contribution in [0.2, 0.25) is 0 Å². The molecule has 1 fully saturated rings. The summed E-state index contributed by atoms with van der Waals surface area (Å²) < 4.78 is 10.8. The van der Waals surface area contributed by atoms with E-state index in [-0.39, 0.29) is 17.8 Å². The molecule has 1 aromatic rings. The van der Waals surface area contributed by atoms with Gasteiger partial charge in [-0.3, -0.25) is 4.79 Å². The first-order valence-corrected chi connectivity index (χ1v) is 7.71. The van der Waals surface area contributed by atoms with E-state index < -0.39 is 5.60 Å². The maximum atomic E-state index is 12.2. The zero-order valence-electron chi connectivity index (χ0n) is 12.6. The second-order valence-electron chi connectivity index (χ2n) is 5.40. The maximum Gasteiger partial charge on any atom is 0.265 e. The number of anilines is 2. The maximum absolute atomic E-state index is 12.2. The molecule has 1 atom stereocenters. The molecule has 2 heterocycles. The molecule has 0 radical (unpaired) electrons. The van der Waals surface area contributed by atoms with Gasteiger partial charge < -0.3 is 25.8 Å². The Balaban J connectivity index is 1.98. The van der Waals surface area contributed by atoms with Crippen LogP contribution in [0.3, 0.4) is 0 Å². The second kappa shape index (κ2) is 6.59. The molecule has 21 heavy (non-hydrogen) atoms. The Bertz CT molecular complexity index is 498. The third kappa shape index (κ3) is 3.84. The monoisotopic (exact) mass is 314 g/mol. The van der Waals surface area contributed by atoms with E-state index >= 15 is 0 Å². The number of nitrogens with zero attached hydrogens (tertiary/aromatic N) is 1. The minimum absolute atomic E-state index is 0.231. The lowest BCUT2D eigenvalue weighted by Gasteiger charge is -2.25. The van der Waals surface area contributed by atoms with Gasteiger partial charge in [0.25, 0.3) is 5.91 Å². The number of rotatable bonds is 6. The molecule has 1 saturated heterocycles. The summed E-state index contributed by atoms with van der Waals surface area (Å²) in [6.07, 6.45) is 0.766. The Morgan fingerprint density at radius 2 is 2.38 bits per heavy atom. The summed E-state index contributed by atoms with van der Waals surface area (Å²) in [5.74, 6) is 0.0138. The van der Waals surface area contributed by atoms with Crippen molar-refractivity contribution in [3.8, 4) is 0 Å². The van der Waals surface area contributed by atoms with Crippen molar-refractivity contribution in [3.05, 3.63) is 4.88 Å². The summed E-state index contributed by atoms with van der Waals surface area (Å²) in [5.41, 5.74) is 5.37. The van der Waals surface area contributed by atoms with Crippen molar-refractivity contribution in [2.24, 2.45) is 0 Å². The average molecular weight is 314 g/mol. The van der Waals surface area contributed by atoms with Crippen molar-refractivity contribution >= 4 is 28.2 Å². The third-order valence-electron chi connectivity index (χ3n) is 3.34. The number of carbonyl (C=O) groups excluding carboxylic acids is 1. The fourth-order valence-corrected chi connectivity index (χ4v) is 3.03. The molecule has 0 bridgehead atoms. The van der Waals surface area contributed by atoms with E-state index in [4.69, 9.17) is 15.2 Å². The molecule has 118 valence electrons. The molecule has 0 spiro atoms. The Morgan fingerprint density at radius 1 is 1.62 bits per heavy atom. The quantitative estimate of drug-likeness (QED) is 0.727. The summed E-state index contributed by atoms with van der Waals surface area (Å²) in [5, 5.41) is 6.65. The van der Waals surface area contributed by atoms with Crippen LogP contribution in [-0.4, -0.2) is 49.4 Å². The van der Waals surface area contributed by atoms with E-state index in [1.54, 1.807) is 7.11 Å². The van der Waals surface area contributed by atoms with E-state index in [0.717, 1.165) is 6.42 Å². The molecule has 0 aliphatic carbocycles. The number of ether oxygens (including phenoxy) is 2. The van der Waals surface area contributed by atoms with Crippen molar-refractivity contribution in [1.29, 1.82) is 0 Å². The van der Waals surface area contributed by atoms with Crippen LogP contribution >= 0.6 is 11.3 Å². The zero-order valence-corrected chi connectivity index (χ0v) is 13.4. The van der Waals surface area contributed by atoms with Crippen molar-refractivity contribution in [3.63, 3.8) is 0 Å². The molecule has 1 aliphatic rings. The number of methoxy groups -OCH3 is 1. The highest BCUT2D eigenvalue weighted by atomic mass is 32.1. The van der Waals surface area contributed by atoms with Crippen LogP contribution in [0.15, 0.2) is 0 Å². The highest BCUT2D eigenvalue weighted by Gasteiger charge is 2.35. The Hall–Kier alpha value is -1.38. The van der Waals surface area contributed by atoms with Crippen LogP contribution in [0.25, 0.3) is 0 Å². The largest absolute Gasteiger partial charge is 0.382 e. The lowest BCUT2D eigenvalue weighted by atomic mass is 10.0. The molecule has 4 N–H and O–H groups in total. The number of nitrogens with two attached hydrogens (primary N) is 1. The molecular formula is C13H22N4O3S. The summed E-state index contributed by atoms with van der Waals surface area (Å²) >= 11 is 1.25. The van der Waals surface area contributed by atoms with Gasteiger partial charge in [-0.1, -0.05) is 11.3 Å². The van der Waals surface area contributed by atoms with Gasteiger partial charge in [-0.15, -0.1) is 0 Å². The number of amides is 1. The zero-order chi connectivity index (χ0) is 15.5. The first kappa shape index (κ1) is 16.0. The third-order valence-corrected chi connectivity index (χ3v) is 4.34. The van der Waals surface area contributed by atoms with Gasteiger partial charge in [0.05, 0.1) is 6.61 Å². The first-order chi connectivity index (χ1) is 9.96. The molecule has 7 nitrogen and oxygen atoms in total. The van der Waals surface area contributed by atoms with Crippen LogP contribution in [0.5, 0.6) is 0 Å². The van der Waals surface area contributed by atoms with Gasteiger partial charge in [0.1, 0.15) is 16.3 Å². The summed E-state index contributed by atoms with van der Waals surface area (Å²) in [7, 11) is 1.63. The van der Waals surface area contributed by atoms with Crippen LogP contribution in [0, 0.1) is 0 Å². The molecule has 8 heteroatoms. The van der Waals surface area contributed by atoms with Crippen molar-refractivity contribution in [1.82, 2.24) is 10.3 Å². The lowest BCUT2D eigenvalue weighted by Crippen LogP contribution is -2.44. The summed E-state index contributed by atoms with van der Waals surface area (Å²) in [4.78, 5) is 16.8. The number of hydrogen-bond acceptors (Lipinski definition) is 7. The number of aromatic nitrogens is 1. The molecule has 0 saturated carbocycles. The predicted octanol–water partition coefficient (Wildman–Crippen LogP) is 1.08. The van der Waals surface area contributed by atoms with Gasteiger partial charge in [-0.2, -0.15) is 0 Å². The number of thiazole rings is 1. The summed E-state index contributed by atoms with van der Waals surface area (Å²) in [6, 6.07) is 0.235. The van der Waals surface area contributed by atoms with Gasteiger partial charge in [-0.05, 0) is 13.8 Å². The van der Waals surface area contributed by atoms with E-state index in [1.807, 2.05) is 13.8 Å². The van der Waals surface area contributed by atoms with Crippen LogP contribution in [0.1, 0.15) is 29.9 Å². The Morgan fingerprint density at radius 3 is 2.95 bits per heavy atom. The Labute approximate surface area is 128 Å². The van der Waals surface area contributed by atoms with Crippen LogP contribution < -0.4 is 16.4 Å². The number of nitrogens with one attached hydrogen (secondary N) is 2. The van der Waals surface area contributed by atoms with Gasteiger partial charge in [0.15, 0.2) is 5.13 Å². The van der Waals surface area contributed by atoms with Gasteiger partial charge in [0.2, 0.25) is 0 Å². The molecule has 1 amide bonds. The van der Waals surface area contributed by atoms with Crippen LogP contribution in [0.4, 0.5) is 10.9 Å². The number of hydrogen-bond donors (Lipinski definition) is 3. The lowest BCUT2D eigenvalue weighted by molar-refractivity contribution is -0.0148. The predicted molar refractivity (Wildman–Crippen MR) is 82.8 cm³/mol. The van der Waals surface area contributed by atoms with Gasteiger partial charge in [-0.25, -0.2) is 4.98 Å². The highest BCUT2D eigenvalue weighted by Crippen LogP contribution is 2.26. The van der Waals surface area contributed by atoms with Crippen molar-refractivity contribution in [2.75, 3.05) is 37.9 Å². The SMILES string of the molecule is COC1(CNC(=O)c2sc(NC(C)C)nc2N)CCOC1. The van der Waals surface area contributed by atoms with E-state index in [0.29, 0.717) is 29.8 Å². The minimum atomic E-state index is -0.436.